The average Bonchev–Trinajstić information content (AvgIpc) is 2.67. The lowest BCUT2D eigenvalue weighted by atomic mass is 10.3. The minimum absolute atomic E-state index is 0.787. The second kappa shape index (κ2) is 7.25. The molecule has 0 bridgehead atoms. The monoisotopic (exact) mass is 222 g/mol. The highest BCUT2D eigenvalue weighted by Gasteiger charge is 2.06. The van der Waals surface area contributed by atoms with Crippen LogP contribution in [0.5, 0.6) is 0 Å². The van der Waals surface area contributed by atoms with Crippen molar-refractivity contribution < 1.29 is 4.42 Å². The molecule has 0 saturated heterocycles. The van der Waals surface area contributed by atoms with Crippen molar-refractivity contribution in [3.63, 3.8) is 0 Å². The normalized spacial score (nSPS) is 10.9. The molecule has 1 aromatic heterocycles. The van der Waals surface area contributed by atoms with Crippen LogP contribution in [-0.4, -0.2) is 25.0 Å². The third-order valence-corrected chi connectivity index (χ3v) is 2.37. The van der Waals surface area contributed by atoms with Crippen LogP contribution in [0.4, 0.5) is 0 Å². The molecule has 16 heavy (non-hydrogen) atoms. The van der Waals surface area contributed by atoms with Gasteiger partial charge in [-0.05, 0) is 32.1 Å². The van der Waals surface area contributed by atoms with Crippen molar-refractivity contribution in [2.75, 3.05) is 20.1 Å². The number of furan rings is 1. The van der Waals surface area contributed by atoms with Gasteiger partial charge < -0.3 is 9.73 Å². The Morgan fingerprint density at radius 2 is 2.19 bits per heavy atom. The number of hydrogen-bond acceptors (Lipinski definition) is 3. The standard InChI is InChI=1S/C13H22N2O/c1-4-8-15(9-5-2)11-13-7-6-12(16-13)10-14-3/h4,6-7,14H,1,5,8-11H2,2-3H3. The van der Waals surface area contributed by atoms with E-state index in [0.29, 0.717) is 0 Å². The molecule has 90 valence electrons. The highest BCUT2D eigenvalue weighted by Crippen LogP contribution is 2.10. The molecule has 0 radical (unpaired) electrons. The number of hydrogen-bond donors (Lipinski definition) is 1. The van der Waals surface area contributed by atoms with E-state index in [1.807, 2.05) is 19.2 Å². The molecule has 0 amide bonds. The van der Waals surface area contributed by atoms with Crippen molar-refractivity contribution in [3.8, 4) is 0 Å². The lowest BCUT2D eigenvalue weighted by Crippen LogP contribution is -2.23. The molecule has 1 aromatic rings. The zero-order chi connectivity index (χ0) is 11.8. The lowest BCUT2D eigenvalue weighted by molar-refractivity contribution is 0.265. The molecule has 0 fully saturated rings. The van der Waals surface area contributed by atoms with Crippen LogP contribution in [0, 0.1) is 0 Å². The van der Waals surface area contributed by atoms with Gasteiger partial charge in [-0.2, -0.15) is 0 Å². The molecular formula is C13H22N2O. The molecule has 3 heteroatoms. The van der Waals surface area contributed by atoms with Crippen LogP contribution >= 0.6 is 0 Å². The van der Waals surface area contributed by atoms with E-state index >= 15 is 0 Å². The molecule has 1 N–H and O–H groups in total. The molecule has 0 aliphatic rings. The SMILES string of the molecule is C=CCN(CCC)Cc1ccc(CNC)o1. The summed E-state index contributed by atoms with van der Waals surface area (Å²) in [5.41, 5.74) is 0. The van der Waals surface area contributed by atoms with Crippen LogP contribution in [-0.2, 0) is 13.1 Å². The van der Waals surface area contributed by atoms with E-state index in [1.165, 1.54) is 0 Å². The molecule has 1 rings (SSSR count). The summed E-state index contributed by atoms with van der Waals surface area (Å²) in [6.45, 7) is 9.60. The summed E-state index contributed by atoms with van der Waals surface area (Å²) in [4.78, 5) is 2.33. The smallest absolute Gasteiger partial charge is 0.118 e. The molecule has 0 atom stereocenters. The first-order chi connectivity index (χ1) is 7.80. The van der Waals surface area contributed by atoms with E-state index in [4.69, 9.17) is 4.42 Å². The van der Waals surface area contributed by atoms with Crippen molar-refractivity contribution in [2.24, 2.45) is 0 Å². The van der Waals surface area contributed by atoms with Gasteiger partial charge in [-0.25, -0.2) is 0 Å². The van der Waals surface area contributed by atoms with Crippen LogP contribution in [0.3, 0.4) is 0 Å². The summed E-state index contributed by atoms with van der Waals surface area (Å²) in [7, 11) is 1.92. The summed E-state index contributed by atoms with van der Waals surface area (Å²) in [6, 6.07) is 4.09. The van der Waals surface area contributed by atoms with Crippen LogP contribution in [0.1, 0.15) is 24.9 Å². The first kappa shape index (κ1) is 13.0. The van der Waals surface area contributed by atoms with Gasteiger partial charge in [-0.3, -0.25) is 4.90 Å². The molecule has 0 aromatic carbocycles. The van der Waals surface area contributed by atoms with Gasteiger partial charge in [-0.15, -0.1) is 6.58 Å². The van der Waals surface area contributed by atoms with Crippen molar-refractivity contribution in [1.29, 1.82) is 0 Å². The second-order valence-electron chi connectivity index (χ2n) is 3.92. The van der Waals surface area contributed by atoms with Gasteiger partial charge in [0.15, 0.2) is 0 Å². The molecule has 1 heterocycles. The van der Waals surface area contributed by atoms with Crippen LogP contribution in [0.2, 0.25) is 0 Å². The van der Waals surface area contributed by atoms with Gasteiger partial charge in [0.25, 0.3) is 0 Å². The maximum atomic E-state index is 5.71. The van der Waals surface area contributed by atoms with Crippen LogP contribution in [0.15, 0.2) is 29.2 Å². The van der Waals surface area contributed by atoms with E-state index in [-0.39, 0.29) is 0 Å². The van der Waals surface area contributed by atoms with Crippen molar-refractivity contribution >= 4 is 0 Å². The van der Waals surface area contributed by atoms with Crippen molar-refractivity contribution in [2.45, 2.75) is 26.4 Å². The number of nitrogens with one attached hydrogen (secondary N) is 1. The molecule has 0 spiro atoms. The van der Waals surface area contributed by atoms with Gasteiger partial charge >= 0.3 is 0 Å². The van der Waals surface area contributed by atoms with Gasteiger partial charge in [0.05, 0.1) is 13.1 Å². The minimum Gasteiger partial charge on any atom is -0.463 e. The van der Waals surface area contributed by atoms with E-state index in [2.05, 4.69) is 29.8 Å². The predicted octanol–water partition coefficient (Wildman–Crippen LogP) is 2.40. The summed E-state index contributed by atoms with van der Waals surface area (Å²) in [6.07, 6.45) is 3.09. The van der Waals surface area contributed by atoms with E-state index < -0.39 is 0 Å². The molecule has 0 saturated carbocycles. The molecule has 3 nitrogen and oxygen atoms in total. The van der Waals surface area contributed by atoms with Gasteiger partial charge in [0.1, 0.15) is 11.5 Å². The quantitative estimate of drug-likeness (QED) is 0.685. The number of nitrogens with zero attached hydrogens (tertiary/aromatic N) is 1. The lowest BCUT2D eigenvalue weighted by Gasteiger charge is -2.18. The first-order valence-electron chi connectivity index (χ1n) is 5.85. The summed E-state index contributed by atoms with van der Waals surface area (Å²) < 4.78 is 5.71. The van der Waals surface area contributed by atoms with Crippen LogP contribution < -0.4 is 5.32 Å². The highest BCUT2D eigenvalue weighted by molar-refractivity contribution is 5.07. The van der Waals surface area contributed by atoms with Crippen molar-refractivity contribution in [3.05, 3.63) is 36.3 Å². The zero-order valence-electron chi connectivity index (χ0n) is 10.3. The van der Waals surface area contributed by atoms with E-state index in [1.54, 1.807) is 0 Å². The predicted molar refractivity (Wildman–Crippen MR) is 67.2 cm³/mol. The number of rotatable bonds is 8. The Morgan fingerprint density at radius 1 is 1.44 bits per heavy atom. The van der Waals surface area contributed by atoms with E-state index in [9.17, 15) is 0 Å². The highest BCUT2D eigenvalue weighted by atomic mass is 16.3. The second-order valence-corrected chi connectivity index (χ2v) is 3.92. The Labute approximate surface area is 98.1 Å². The Morgan fingerprint density at radius 3 is 2.81 bits per heavy atom. The fourth-order valence-electron chi connectivity index (χ4n) is 1.73. The summed E-state index contributed by atoms with van der Waals surface area (Å²) in [5.74, 6) is 2.02. The fourth-order valence-corrected chi connectivity index (χ4v) is 1.73. The Hall–Kier alpha value is -1.06. The summed E-state index contributed by atoms with van der Waals surface area (Å²) in [5, 5.41) is 3.08. The maximum Gasteiger partial charge on any atom is 0.118 e. The first-order valence-corrected chi connectivity index (χ1v) is 5.85. The molecule has 0 unspecified atom stereocenters. The minimum atomic E-state index is 0.787. The van der Waals surface area contributed by atoms with Crippen molar-refractivity contribution in [1.82, 2.24) is 10.2 Å². The topological polar surface area (TPSA) is 28.4 Å². The maximum absolute atomic E-state index is 5.71. The molecule has 0 aliphatic heterocycles. The summed E-state index contributed by atoms with van der Waals surface area (Å²) >= 11 is 0. The average molecular weight is 222 g/mol. The van der Waals surface area contributed by atoms with Gasteiger partial charge in [-0.1, -0.05) is 13.0 Å². The fraction of sp³-hybridized carbons (Fsp3) is 0.538. The Kier molecular flexibility index (Phi) is 5.90. The Bertz CT molecular complexity index is 307. The third kappa shape index (κ3) is 4.21. The van der Waals surface area contributed by atoms with E-state index in [0.717, 1.165) is 44.1 Å². The molecular weight excluding hydrogens is 200 g/mol. The van der Waals surface area contributed by atoms with Gasteiger partial charge in [0, 0.05) is 6.54 Å². The zero-order valence-corrected chi connectivity index (χ0v) is 10.3. The third-order valence-electron chi connectivity index (χ3n) is 2.37. The van der Waals surface area contributed by atoms with Crippen LogP contribution in [0.25, 0.3) is 0 Å². The molecule has 0 aliphatic carbocycles. The largest absolute Gasteiger partial charge is 0.463 e. The van der Waals surface area contributed by atoms with Gasteiger partial charge in [0.2, 0.25) is 0 Å². The Balaban J connectivity index is 2.51.